The summed E-state index contributed by atoms with van der Waals surface area (Å²) in [6.07, 6.45) is -2.82. The van der Waals surface area contributed by atoms with Gasteiger partial charge in [0.1, 0.15) is 5.82 Å². The van der Waals surface area contributed by atoms with Gasteiger partial charge < -0.3 is 5.73 Å². The Labute approximate surface area is 126 Å². The quantitative estimate of drug-likeness (QED) is 0.859. The molecule has 2 rings (SSSR count). The fourth-order valence-electron chi connectivity index (χ4n) is 2.55. The topological polar surface area (TPSA) is 63.4 Å². The van der Waals surface area contributed by atoms with Crippen molar-refractivity contribution in [3.63, 3.8) is 0 Å². The molecule has 0 aromatic heterocycles. The number of alkyl halides is 3. The van der Waals surface area contributed by atoms with Crippen LogP contribution >= 0.6 is 0 Å². The molecule has 1 heterocycles. The van der Waals surface area contributed by atoms with Crippen molar-refractivity contribution in [2.75, 3.05) is 13.1 Å². The van der Waals surface area contributed by atoms with Gasteiger partial charge in [0, 0.05) is 19.1 Å². The average molecular weight is 340 g/mol. The van der Waals surface area contributed by atoms with Crippen LogP contribution in [-0.4, -0.2) is 31.9 Å². The van der Waals surface area contributed by atoms with Gasteiger partial charge in [-0.25, -0.2) is 12.8 Å². The lowest BCUT2D eigenvalue weighted by Crippen LogP contribution is -2.47. The molecule has 0 bridgehead atoms. The highest BCUT2D eigenvalue weighted by Crippen LogP contribution is 2.33. The summed E-state index contributed by atoms with van der Waals surface area (Å²) in [4.78, 5) is -0.488. The van der Waals surface area contributed by atoms with Crippen LogP contribution in [0.25, 0.3) is 0 Å². The average Bonchev–Trinajstić information content (AvgIpc) is 2.45. The highest BCUT2D eigenvalue weighted by Gasteiger charge is 2.37. The molecule has 1 saturated heterocycles. The van der Waals surface area contributed by atoms with Gasteiger partial charge in [-0.2, -0.15) is 17.5 Å². The first-order valence-corrected chi connectivity index (χ1v) is 8.20. The summed E-state index contributed by atoms with van der Waals surface area (Å²) in [5.41, 5.74) is 4.06. The van der Waals surface area contributed by atoms with Gasteiger partial charge in [0.2, 0.25) is 10.0 Å². The van der Waals surface area contributed by atoms with E-state index in [4.69, 9.17) is 5.73 Å². The minimum Gasteiger partial charge on any atom is -0.329 e. The normalized spacial score (nSPS) is 21.0. The minimum absolute atomic E-state index is 0.113. The van der Waals surface area contributed by atoms with E-state index in [9.17, 15) is 26.0 Å². The van der Waals surface area contributed by atoms with Crippen LogP contribution < -0.4 is 5.73 Å². The maximum Gasteiger partial charge on any atom is 0.419 e. The van der Waals surface area contributed by atoms with Crippen LogP contribution in [0.5, 0.6) is 0 Å². The Morgan fingerprint density at radius 1 is 1.27 bits per heavy atom. The van der Waals surface area contributed by atoms with Crippen molar-refractivity contribution in [2.24, 2.45) is 5.73 Å². The smallest absolute Gasteiger partial charge is 0.329 e. The lowest BCUT2D eigenvalue weighted by Gasteiger charge is -2.33. The summed E-state index contributed by atoms with van der Waals surface area (Å²) in [5.74, 6) is -1.60. The molecule has 9 heteroatoms. The molecular formula is C13H16F4N2O2S. The summed E-state index contributed by atoms with van der Waals surface area (Å²) >= 11 is 0. The van der Waals surface area contributed by atoms with Crippen molar-refractivity contribution in [1.29, 1.82) is 0 Å². The Kier molecular flexibility index (Phi) is 4.78. The third-order valence-electron chi connectivity index (χ3n) is 3.70. The monoisotopic (exact) mass is 340 g/mol. The maximum atomic E-state index is 13.6. The Bertz CT molecular complexity index is 646. The van der Waals surface area contributed by atoms with Gasteiger partial charge in [-0.1, -0.05) is 6.42 Å². The standard InChI is InChI=1S/C13H16F4N2O2S/c14-12-7-10(4-5-11(12)13(15,16)17)22(20,21)19-6-2-1-3-9(19)8-18/h4-5,7,9H,1-3,6,8,18H2. The van der Waals surface area contributed by atoms with Crippen LogP contribution in [0, 0.1) is 5.82 Å². The van der Waals surface area contributed by atoms with Gasteiger partial charge in [-0.3, -0.25) is 0 Å². The summed E-state index contributed by atoms with van der Waals surface area (Å²) in [7, 11) is -4.06. The number of nitrogens with two attached hydrogens (primary N) is 1. The first kappa shape index (κ1) is 17.2. The van der Waals surface area contributed by atoms with Crippen molar-refractivity contribution in [3.05, 3.63) is 29.6 Å². The first-order chi connectivity index (χ1) is 10.2. The molecule has 1 aliphatic rings. The van der Waals surface area contributed by atoms with Crippen molar-refractivity contribution in [2.45, 2.75) is 36.4 Å². The van der Waals surface area contributed by atoms with Crippen LogP contribution in [0.15, 0.2) is 23.1 Å². The number of halogens is 4. The summed E-state index contributed by atoms with van der Waals surface area (Å²) < 4.78 is 77.3. The zero-order valence-corrected chi connectivity index (χ0v) is 12.4. The molecule has 0 saturated carbocycles. The molecule has 124 valence electrons. The Hall–Kier alpha value is -1.19. The van der Waals surface area contributed by atoms with Gasteiger partial charge in [0.05, 0.1) is 10.5 Å². The molecule has 2 N–H and O–H groups in total. The van der Waals surface area contributed by atoms with Crippen LogP contribution in [0.1, 0.15) is 24.8 Å². The zero-order valence-electron chi connectivity index (χ0n) is 11.6. The van der Waals surface area contributed by atoms with Gasteiger partial charge in [-0.15, -0.1) is 0 Å². The molecule has 1 fully saturated rings. The van der Waals surface area contributed by atoms with E-state index >= 15 is 0 Å². The van der Waals surface area contributed by atoms with Crippen LogP contribution in [0.3, 0.4) is 0 Å². The van der Waals surface area contributed by atoms with Crippen LogP contribution in [0.2, 0.25) is 0 Å². The summed E-state index contributed by atoms with van der Waals surface area (Å²) in [6, 6.07) is 1.23. The number of hydrogen-bond donors (Lipinski definition) is 1. The molecule has 22 heavy (non-hydrogen) atoms. The van der Waals surface area contributed by atoms with Crippen LogP contribution in [-0.2, 0) is 16.2 Å². The lowest BCUT2D eigenvalue weighted by molar-refractivity contribution is -0.140. The van der Waals surface area contributed by atoms with E-state index in [0.29, 0.717) is 25.0 Å². The van der Waals surface area contributed by atoms with Crippen molar-refractivity contribution in [1.82, 2.24) is 4.31 Å². The van der Waals surface area contributed by atoms with E-state index in [1.54, 1.807) is 0 Å². The summed E-state index contributed by atoms with van der Waals surface area (Å²) in [5, 5.41) is 0. The Morgan fingerprint density at radius 3 is 2.50 bits per heavy atom. The highest BCUT2D eigenvalue weighted by atomic mass is 32.2. The lowest BCUT2D eigenvalue weighted by atomic mass is 10.1. The molecule has 1 atom stereocenters. The summed E-state index contributed by atoms with van der Waals surface area (Å²) in [6.45, 7) is 0.342. The molecule has 0 amide bonds. The molecule has 0 aliphatic carbocycles. The molecule has 4 nitrogen and oxygen atoms in total. The fraction of sp³-hybridized carbons (Fsp3) is 0.538. The van der Waals surface area contributed by atoms with Crippen molar-refractivity contribution < 1.29 is 26.0 Å². The fourth-order valence-corrected chi connectivity index (χ4v) is 4.26. The number of rotatable bonds is 3. The largest absolute Gasteiger partial charge is 0.419 e. The van der Waals surface area contributed by atoms with Gasteiger partial charge in [-0.05, 0) is 31.0 Å². The second kappa shape index (κ2) is 6.13. The Morgan fingerprint density at radius 2 is 1.95 bits per heavy atom. The number of sulfonamides is 1. The predicted octanol–water partition coefficient (Wildman–Crippen LogP) is 2.35. The molecule has 1 unspecified atom stereocenters. The third kappa shape index (κ3) is 3.26. The third-order valence-corrected chi connectivity index (χ3v) is 5.65. The van der Waals surface area contributed by atoms with Gasteiger partial charge in [0.25, 0.3) is 0 Å². The van der Waals surface area contributed by atoms with E-state index in [1.165, 1.54) is 0 Å². The van der Waals surface area contributed by atoms with Crippen molar-refractivity contribution >= 4 is 10.0 Å². The number of nitrogens with zero attached hydrogens (tertiary/aromatic N) is 1. The SMILES string of the molecule is NCC1CCCCN1S(=O)(=O)c1ccc(C(F)(F)F)c(F)c1. The number of hydrogen-bond acceptors (Lipinski definition) is 3. The first-order valence-electron chi connectivity index (χ1n) is 6.76. The van der Waals surface area contributed by atoms with E-state index in [-0.39, 0.29) is 13.1 Å². The number of piperidine rings is 1. The molecule has 1 aromatic carbocycles. The molecule has 1 aromatic rings. The zero-order chi connectivity index (χ0) is 16.5. The molecule has 0 spiro atoms. The van der Waals surface area contributed by atoms with E-state index in [2.05, 4.69) is 0 Å². The van der Waals surface area contributed by atoms with Crippen LogP contribution in [0.4, 0.5) is 17.6 Å². The predicted molar refractivity (Wildman–Crippen MR) is 72.0 cm³/mol. The van der Waals surface area contributed by atoms with Gasteiger partial charge >= 0.3 is 6.18 Å². The van der Waals surface area contributed by atoms with Gasteiger partial charge in [0.15, 0.2) is 0 Å². The van der Waals surface area contributed by atoms with E-state index in [1.807, 2.05) is 0 Å². The highest BCUT2D eigenvalue weighted by molar-refractivity contribution is 7.89. The second-order valence-electron chi connectivity index (χ2n) is 5.14. The Balaban J connectivity index is 2.39. The van der Waals surface area contributed by atoms with E-state index < -0.39 is 38.5 Å². The molecular weight excluding hydrogens is 324 g/mol. The van der Waals surface area contributed by atoms with E-state index in [0.717, 1.165) is 16.8 Å². The maximum absolute atomic E-state index is 13.6. The molecule has 0 radical (unpaired) electrons. The molecule has 1 aliphatic heterocycles. The second-order valence-corrected chi connectivity index (χ2v) is 7.03. The number of benzene rings is 1. The minimum atomic E-state index is -4.86. The van der Waals surface area contributed by atoms with Crippen molar-refractivity contribution in [3.8, 4) is 0 Å².